The van der Waals surface area contributed by atoms with Gasteiger partial charge in [0.1, 0.15) is 17.2 Å². The van der Waals surface area contributed by atoms with Crippen LogP contribution in [0.4, 0.5) is 8.78 Å². The van der Waals surface area contributed by atoms with E-state index in [-0.39, 0.29) is 24.0 Å². The van der Waals surface area contributed by atoms with Crippen molar-refractivity contribution >= 4 is 5.97 Å². The van der Waals surface area contributed by atoms with Crippen molar-refractivity contribution in [1.29, 1.82) is 0 Å². The average molecular weight is 213 g/mol. The summed E-state index contributed by atoms with van der Waals surface area (Å²) in [5.41, 5.74) is 4.15. The lowest BCUT2D eigenvalue weighted by molar-refractivity contribution is -0.142. The van der Waals surface area contributed by atoms with E-state index in [9.17, 15) is 13.6 Å². The Labute approximate surface area is 84.5 Å². The first-order chi connectivity index (χ1) is 6.94. The van der Waals surface area contributed by atoms with E-state index in [4.69, 9.17) is 10.8 Å². The molecule has 80 valence electrons. The molecule has 2 rings (SSSR count). The highest BCUT2D eigenvalue weighted by molar-refractivity contribution is 5.81. The van der Waals surface area contributed by atoms with Crippen LogP contribution in [0.1, 0.15) is 11.1 Å². The molecule has 1 aliphatic carbocycles. The number of carboxylic acid groups (broad SMARTS) is 1. The predicted molar refractivity (Wildman–Crippen MR) is 48.3 cm³/mol. The Morgan fingerprint density at radius 1 is 1.27 bits per heavy atom. The van der Waals surface area contributed by atoms with Crippen LogP contribution in [-0.4, -0.2) is 16.6 Å². The van der Waals surface area contributed by atoms with Crippen LogP contribution in [0.5, 0.6) is 0 Å². The van der Waals surface area contributed by atoms with Gasteiger partial charge in [-0.15, -0.1) is 0 Å². The summed E-state index contributed by atoms with van der Waals surface area (Å²) < 4.78 is 26.5. The molecule has 1 aromatic rings. The molecule has 0 heterocycles. The topological polar surface area (TPSA) is 63.3 Å². The summed E-state index contributed by atoms with van der Waals surface area (Å²) in [7, 11) is 0. The molecule has 1 aliphatic rings. The van der Waals surface area contributed by atoms with Crippen LogP contribution in [0.2, 0.25) is 0 Å². The van der Waals surface area contributed by atoms with Gasteiger partial charge in [-0.25, -0.2) is 8.78 Å². The van der Waals surface area contributed by atoms with Gasteiger partial charge in [0.25, 0.3) is 0 Å². The fourth-order valence-corrected chi connectivity index (χ4v) is 1.86. The minimum atomic E-state index is -1.58. The lowest BCUT2D eigenvalue weighted by Gasteiger charge is -2.16. The third-order valence-corrected chi connectivity index (χ3v) is 2.73. The summed E-state index contributed by atoms with van der Waals surface area (Å²) in [5, 5.41) is 8.86. The number of carbonyl (C=O) groups is 1. The average Bonchev–Trinajstić information content (AvgIpc) is 2.53. The third kappa shape index (κ3) is 1.39. The summed E-state index contributed by atoms with van der Waals surface area (Å²) in [6.45, 7) is 0. The van der Waals surface area contributed by atoms with Crippen LogP contribution in [0, 0.1) is 11.6 Å². The number of nitrogens with two attached hydrogens (primary N) is 1. The molecule has 1 aromatic carbocycles. The van der Waals surface area contributed by atoms with Crippen molar-refractivity contribution in [3.63, 3.8) is 0 Å². The maximum absolute atomic E-state index is 13.3. The molecular formula is C10H9F2NO2. The highest BCUT2D eigenvalue weighted by atomic mass is 19.1. The Bertz CT molecular complexity index is 414. The largest absolute Gasteiger partial charge is 0.480 e. The van der Waals surface area contributed by atoms with Crippen molar-refractivity contribution in [1.82, 2.24) is 0 Å². The minimum Gasteiger partial charge on any atom is -0.480 e. The number of rotatable bonds is 1. The summed E-state index contributed by atoms with van der Waals surface area (Å²) in [5.74, 6) is -2.43. The Morgan fingerprint density at radius 2 is 1.67 bits per heavy atom. The third-order valence-electron chi connectivity index (χ3n) is 2.73. The predicted octanol–water partition coefficient (Wildman–Crippen LogP) is 0.845. The standard InChI is InChI=1S/C10H9F2NO2/c11-7-1-2-8(12)6-4-10(13,9(14)15)3-5(6)7/h1-2H,3-4,13H2,(H,14,15). The zero-order valence-corrected chi connectivity index (χ0v) is 7.76. The first-order valence-electron chi connectivity index (χ1n) is 4.42. The summed E-state index contributed by atoms with van der Waals surface area (Å²) in [6, 6.07) is 1.98. The molecule has 3 nitrogen and oxygen atoms in total. The molecular weight excluding hydrogens is 204 g/mol. The maximum Gasteiger partial charge on any atom is 0.324 e. The molecule has 0 saturated carbocycles. The molecule has 3 N–H and O–H groups in total. The molecule has 0 amide bonds. The Hall–Kier alpha value is -1.49. The molecule has 0 unspecified atom stereocenters. The van der Waals surface area contributed by atoms with E-state index in [0.29, 0.717) is 0 Å². The molecule has 0 saturated heterocycles. The highest BCUT2D eigenvalue weighted by Gasteiger charge is 2.43. The van der Waals surface area contributed by atoms with E-state index in [2.05, 4.69) is 0 Å². The van der Waals surface area contributed by atoms with Crippen LogP contribution in [0.3, 0.4) is 0 Å². The monoisotopic (exact) mass is 213 g/mol. The van der Waals surface area contributed by atoms with E-state index >= 15 is 0 Å². The highest BCUT2D eigenvalue weighted by Crippen LogP contribution is 2.32. The zero-order chi connectivity index (χ0) is 11.2. The van der Waals surface area contributed by atoms with Crippen LogP contribution < -0.4 is 5.73 Å². The van der Waals surface area contributed by atoms with Gasteiger partial charge in [-0.05, 0) is 23.3 Å². The van der Waals surface area contributed by atoms with E-state index in [1.807, 2.05) is 0 Å². The Kier molecular flexibility index (Phi) is 2.01. The number of hydrogen-bond acceptors (Lipinski definition) is 2. The van der Waals surface area contributed by atoms with Crippen LogP contribution in [0.15, 0.2) is 12.1 Å². The molecule has 5 heteroatoms. The number of hydrogen-bond donors (Lipinski definition) is 2. The molecule has 15 heavy (non-hydrogen) atoms. The number of aliphatic carboxylic acids is 1. The Morgan fingerprint density at radius 3 is 2.00 bits per heavy atom. The molecule has 0 fully saturated rings. The second-order valence-electron chi connectivity index (χ2n) is 3.80. The molecule has 0 bridgehead atoms. The first-order valence-corrected chi connectivity index (χ1v) is 4.42. The zero-order valence-electron chi connectivity index (χ0n) is 7.76. The van der Waals surface area contributed by atoms with Gasteiger partial charge in [-0.1, -0.05) is 0 Å². The lowest BCUT2D eigenvalue weighted by atomic mass is 9.98. The molecule has 0 radical (unpaired) electrons. The second kappa shape index (κ2) is 3.00. The van der Waals surface area contributed by atoms with Gasteiger partial charge in [-0.2, -0.15) is 0 Å². The molecule has 0 spiro atoms. The van der Waals surface area contributed by atoms with Gasteiger partial charge in [0.05, 0.1) is 0 Å². The summed E-state index contributed by atoms with van der Waals surface area (Å²) in [4.78, 5) is 10.8. The van der Waals surface area contributed by atoms with Gasteiger partial charge in [0.15, 0.2) is 0 Å². The SMILES string of the molecule is NC1(C(=O)O)Cc2c(F)ccc(F)c2C1. The van der Waals surface area contributed by atoms with Crippen molar-refractivity contribution in [2.45, 2.75) is 18.4 Å². The van der Waals surface area contributed by atoms with Gasteiger partial charge in [0, 0.05) is 12.8 Å². The van der Waals surface area contributed by atoms with Gasteiger partial charge in [-0.3, -0.25) is 4.79 Å². The molecule has 0 atom stereocenters. The molecule has 0 aliphatic heterocycles. The van der Waals surface area contributed by atoms with Crippen molar-refractivity contribution < 1.29 is 18.7 Å². The number of benzene rings is 1. The van der Waals surface area contributed by atoms with Gasteiger partial charge < -0.3 is 10.8 Å². The number of carboxylic acids is 1. The lowest BCUT2D eigenvalue weighted by Crippen LogP contribution is -2.48. The van der Waals surface area contributed by atoms with Crippen LogP contribution in [0.25, 0.3) is 0 Å². The smallest absolute Gasteiger partial charge is 0.324 e. The fraction of sp³-hybridized carbons (Fsp3) is 0.300. The Balaban J connectivity index is 2.51. The maximum atomic E-state index is 13.3. The fourth-order valence-electron chi connectivity index (χ4n) is 1.86. The van der Waals surface area contributed by atoms with E-state index in [1.54, 1.807) is 0 Å². The first kappa shape index (κ1) is 10.0. The van der Waals surface area contributed by atoms with E-state index < -0.39 is 23.1 Å². The number of fused-ring (bicyclic) bond motifs is 1. The van der Waals surface area contributed by atoms with Gasteiger partial charge >= 0.3 is 5.97 Å². The van der Waals surface area contributed by atoms with E-state index in [1.165, 1.54) is 0 Å². The van der Waals surface area contributed by atoms with Crippen molar-refractivity contribution in [2.24, 2.45) is 5.73 Å². The van der Waals surface area contributed by atoms with Gasteiger partial charge in [0.2, 0.25) is 0 Å². The van der Waals surface area contributed by atoms with E-state index in [0.717, 1.165) is 12.1 Å². The quantitative estimate of drug-likeness (QED) is 0.726. The summed E-state index contributed by atoms with van der Waals surface area (Å²) in [6.07, 6.45) is -0.331. The van der Waals surface area contributed by atoms with Crippen LogP contribution in [-0.2, 0) is 17.6 Å². The van der Waals surface area contributed by atoms with Crippen molar-refractivity contribution in [2.75, 3.05) is 0 Å². The minimum absolute atomic E-state index is 0.0832. The summed E-state index contributed by atoms with van der Waals surface area (Å²) >= 11 is 0. The van der Waals surface area contributed by atoms with Crippen molar-refractivity contribution in [3.05, 3.63) is 34.9 Å². The van der Waals surface area contributed by atoms with Crippen molar-refractivity contribution in [3.8, 4) is 0 Å². The molecule has 0 aromatic heterocycles. The van der Waals surface area contributed by atoms with Crippen LogP contribution >= 0.6 is 0 Å². The normalized spacial score (nSPS) is 17.5. The number of halogens is 2. The second-order valence-corrected chi connectivity index (χ2v) is 3.80.